The van der Waals surface area contributed by atoms with Crippen LogP contribution in [0.3, 0.4) is 0 Å². The van der Waals surface area contributed by atoms with Crippen molar-refractivity contribution >= 4 is 34.8 Å². The number of aliphatic hydroxyl groups excluding tert-OH is 1. The lowest BCUT2D eigenvalue weighted by Gasteiger charge is -2.13. The summed E-state index contributed by atoms with van der Waals surface area (Å²) in [4.78, 5) is 4.56. The number of ether oxygens (including phenoxy) is 2. The minimum atomic E-state index is -0.141. The van der Waals surface area contributed by atoms with Crippen molar-refractivity contribution in [2.75, 3.05) is 14.2 Å². The van der Waals surface area contributed by atoms with E-state index < -0.39 is 0 Å². The Balaban J connectivity index is 0.00000208. The van der Waals surface area contributed by atoms with Crippen molar-refractivity contribution in [3.8, 4) is 22.8 Å². The first-order valence-electron chi connectivity index (χ1n) is 7.08. The molecule has 24 heavy (non-hydrogen) atoms. The summed E-state index contributed by atoms with van der Waals surface area (Å²) in [7, 11) is 3.19. The van der Waals surface area contributed by atoms with Crippen LogP contribution in [0.15, 0.2) is 42.5 Å². The Bertz CT molecular complexity index is 868. The van der Waals surface area contributed by atoms with Gasteiger partial charge in [0.05, 0.1) is 32.2 Å². The highest BCUT2D eigenvalue weighted by Crippen LogP contribution is 2.37. The largest absolute Gasteiger partial charge is 0.493 e. The highest BCUT2D eigenvalue weighted by molar-refractivity contribution is 6.30. The van der Waals surface area contributed by atoms with Crippen molar-refractivity contribution < 1.29 is 14.6 Å². The van der Waals surface area contributed by atoms with Crippen LogP contribution in [-0.4, -0.2) is 24.3 Å². The quantitative estimate of drug-likeness (QED) is 0.739. The number of hydrogen-bond acceptors (Lipinski definition) is 4. The lowest BCUT2D eigenvalue weighted by molar-refractivity contribution is 0.277. The van der Waals surface area contributed by atoms with Gasteiger partial charge in [-0.3, -0.25) is 0 Å². The molecule has 0 unspecified atom stereocenters. The first-order valence-corrected chi connectivity index (χ1v) is 7.46. The molecule has 6 heteroatoms. The molecule has 0 saturated heterocycles. The monoisotopic (exact) mass is 365 g/mol. The van der Waals surface area contributed by atoms with Crippen LogP contribution in [0.2, 0.25) is 5.02 Å². The molecule has 0 spiro atoms. The summed E-state index contributed by atoms with van der Waals surface area (Å²) in [6.45, 7) is -0.141. The molecule has 0 saturated carbocycles. The number of methoxy groups -OCH3 is 2. The van der Waals surface area contributed by atoms with E-state index in [2.05, 4.69) is 4.98 Å². The molecular weight excluding hydrogens is 349 g/mol. The van der Waals surface area contributed by atoms with Crippen molar-refractivity contribution in [3.05, 3.63) is 53.2 Å². The van der Waals surface area contributed by atoms with Crippen LogP contribution in [0, 0.1) is 0 Å². The topological polar surface area (TPSA) is 51.6 Å². The zero-order valence-electron chi connectivity index (χ0n) is 13.2. The average Bonchev–Trinajstić information content (AvgIpc) is 2.59. The number of fused-ring (bicyclic) bond motifs is 1. The van der Waals surface area contributed by atoms with Gasteiger partial charge < -0.3 is 14.6 Å². The number of aromatic nitrogens is 1. The van der Waals surface area contributed by atoms with Gasteiger partial charge in [-0.2, -0.15) is 0 Å². The van der Waals surface area contributed by atoms with Gasteiger partial charge in [0.25, 0.3) is 0 Å². The standard InChI is InChI=1S/C18H16ClNO3.ClH/c1-22-16-8-12-7-14(10-21)20-18(15(12)9-17(16)23-2)11-4-3-5-13(19)6-11;/h3-9,21H,10H2,1-2H3;1H. The van der Waals surface area contributed by atoms with Crippen LogP contribution in [0.5, 0.6) is 11.5 Å². The lowest BCUT2D eigenvalue weighted by atomic mass is 10.0. The van der Waals surface area contributed by atoms with Crippen molar-refractivity contribution in [1.82, 2.24) is 4.98 Å². The Morgan fingerprint density at radius 2 is 1.75 bits per heavy atom. The van der Waals surface area contributed by atoms with Crippen molar-refractivity contribution in [1.29, 1.82) is 0 Å². The molecule has 0 aliphatic carbocycles. The van der Waals surface area contributed by atoms with Gasteiger partial charge in [0.1, 0.15) is 0 Å². The second-order valence-corrected chi connectivity index (χ2v) is 5.50. The molecule has 0 radical (unpaired) electrons. The Kier molecular flexibility index (Phi) is 5.89. The van der Waals surface area contributed by atoms with Gasteiger partial charge >= 0.3 is 0 Å². The second-order valence-electron chi connectivity index (χ2n) is 5.06. The Labute approximate surface area is 151 Å². The van der Waals surface area contributed by atoms with Crippen LogP contribution in [0.25, 0.3) is 22.0 Å². The summed E-state index contributed by atoms with van der Waals surface area (Å²) in [5.41, 5.74) is 2.21. The number of benzene rings is 2. The van der Waals surface area contributed by atoms with Crippen LogP contribution in [-0.2, 0) is 6.61 Å². The van der Waals surface area contributed by atoms with Crippen molar-refractivity contribution in [2.45, 2.75) is 6.61 Å². The summed E-state index contributed by atoms with van der Waals surface area (Å²) in [6.07, 6.45) is 0. The maximum atomic E-state index is 9.51. The van der Waals surface area contributed by atoms with Crippen molar-refractivity contribution in [3.63, 3.8) is 0 Å². The van der Waals surface area contributed by atoms with E-state index in [4.69, 9.17) is 21.1 Å². The number of nitrogens with zero attached hydrogens (tertiary/aromatic N) is 1. The third-order valence-electron chi connectivity index (χ3n) is 3.65. The molecule has 1 aromatic heterocycles. The molecule has 0 fully saturated rings. The summed E-state index contributed by atoms with van der Waals surface area (Å²) in [6, 6.07) is 13.1. The van der Waals surface area contributed by atoms with Gasteiger partial charge in [0.15, 0.2) is 11.5 Å². The van der Waals surface area contributed by atoms with Gasteiger partial charge in [-0.05, 0) is 35.7 Å². The molecule has 126 valence electrons. The van der Waals surface area contributed by atoms with Crippen LogP contribution < -0.4 is 9.47 Å². The molecule has 1 heterocycles. The number of pyridine rings is 1. The fourth-order valence-corrected chi connectivity index (χ4v) is 2.76. The van der Waals surface area contributed by atoms with Gasteiger partial charge in [0, 0.05) is 16.0 Å². The van der Waals surface area contributed by atoms with E-state index >= 15 is 0 Å². The van der Waals surface area contributed by atoms with E-state index in [9.17, 15) is 5.11 Å². The number of hydrogen-bond donors (Lipinski definition) is 1. The number of aliphatic hydroxyl groups is 1. The third kappa shape index (κ3) is 3.41. The Morgan fingerprint density at radius 1 is 1.04 bits per heavy atom. The lowest BCUT2D eigenvalue weighted by Crippen LogP contribution is -1.96. The molecule has 1 N–H and O–H groups in total. The van der Waals surface area contributed by atoms with Gasteiger partial charge in [-0.15, -0.1) is 12.4 Å². The number of rotatable bonds is 4. The van der Waals surface area contributed by atoms with Gasteiger partial charge in [-0.25, -0.2) is 4.98 Å². The van der Waals surface area contributed by atoms with Crippen LogP contribution in [0.1, 0.15) is 5.69 Å². The van der Waals surface area contributed by atoms with Crippen LogP contribution in [0.4, 0.5) is 0 Å². The minimum absolute atomic E-state index is 0. The maximum absolute atomic E-state index is 9.51. The summed E-state index contributed by atoms with van der Waals surface area (Å²) in [5.74, 6) is 1.26. The first kappa shape index (κ1) is 18.3. The predicted molar refractivity (Wildman–Crippen MR) is 98.5 cm³/mol. The van der Waals surface area contributed by atoms with Crippen molar-refractivity contribution in [2.24, 2.45) is 0 Å². The molecule has 0 aliphatic rings. The second kappa shape index (κ2) is 7.71. The van der Waals surface area contributed by atoms with E-state index in [1.165, 1.54) is 0 Å². The molecule has 0 aliphatic heterocycles. The first-order chi connectivity index (χ1) is 11.2. The van der Waals surface area contributed by atoms with Gasteiger partial charge in [0.2, 0.25) is 0 Å². The van der Waals surface area contributed by atoms with E-state index in [0.717, 1.165) is 22.0 Å². The highest BCUT2D eigenvalue weighted by Gasteiger charge is 2.13. The maximum Gasteiger partial charge on any atom is 0.161 e. The molecule has 2 aromatic carbocycles. The predicted octanol–water partition coefficient (Wildman–Crippen LogP) is 4.49. The van der Waals surface area contributed by atoms with E-state index in [0.29, 0.717) is 22.2 Å². The minimum Gasteiger partial charge on any atom is -0.493 e. The number of halogens is 2. The summed E-state index contributed by atoms with van der Waals surface area (Å²) < 4.78 is 10.7. The average molecular weight is 366 g/mol. The fourth-order valence-electron chi connectivity index (χ4n) is 2.57. The van der Waals surface area contributed by atoms with Gasteiger partial charge in [-0.1, -0.05) is 23.7 Å². The molecule has 0 atom stereocenters. The smallest absolute Gasteiger partial charge is 0.161 e. The SMILES string of the molecule is COc1cc2cc(CO)nc(-c3cccc(Cl)c3)c2cc1OC.Cl. The normalized spacial score (nSPS) is 10.3. The molecule has 4 nitrogen and oxygen atoms in total. The molecule has 3 rings (SSSR count). The zero-order valence-corrected chi connectivity index (χ0v) is 14.8. The summed E-state index contributed by atoms with van der Waals surface area (Å²) >= 11 is 6.10. The molecule has 0 bridgehead atoms. The Hall–Kier alpha value is -2.01. The molecular formula is C18H17Cl2NO3. The molecule has 3 aromatic rings. The van der Waals surface area contributed by atoms with E-state index in [1.54, 1.807) is 14.2 Å². The van der Waals surface area contributed by atoms with E-state index in [-0.39, 0.29) is 19.0 Å². The summed E-state index contributed by atoms with van der Waals surface area (Å²) in [5, 5.41) is 12.0. The molecule has 0 amide bonds. The highest BCUT2D eigenvalue weighted by atomic mass is 35.5. The Morgan fingerprint density at radius 3 is 2.38 bits per heavy atom. The third-order valence-corrected chi connectivity index (χ3v) is 3.88. The van der Waals surface area contributed by atoms with E-state index in [1.807, 2.05) is 42.5 Å². The zero-order chi connectivity index (χ0) is 16.4. The fraction of sp³-hybridized carbons (Fsp3) is 0.167. The van der Waals surface area contributed by atoms with Crippen LogP contribution >= 0.6 is 24.0 Å².